The molecule has 74 valence electrons. The van der Waals surface area contributed by atoms with Gasteiger partial charge in [-0.1, -0.05) is 44.2 Å². The van der Waals surface area contributed by atoms with Crippen LogP contribution in [-0.2, 0) is 0 Å². The van der Waals surface area contributed by atoms with Gasteiger partial charge in [0.15, 0.2) is 0 Å². The first-order valence-electron chi connectivity index (χ1n) is 4.99. The van der Waals surface area contributed by atoms with Gasteiger partial charge >= 0.3 is 0 Å². The molecule has 0 amide bonds. The van der Waals surface area contributed by atoms with Gasteiger partial charge in [0.05, 0.1) is 0 Å². The van der Waals surface area contributed by atoms with Crippen molar-refractivity contribution in [3.8, 4) is 0 Å². The van der Waals surface area contributed by atoms with E-state index in [1.807, 2.05) is 0 Å². The van der Waals surface area contributed by atoms with Crippen LogP contribution in [0.4, 0.5) is 0 Å². The van der Waals surface area contributed by atoms with Gasteiger partial charge in [-0.25, -0.2) is 0 Å². The van der Waals surface area contributed by atoms with Crippen molar-refractivity contribution in [2.24, 2.45) is 11.7 Å². The molecule has 0 radical (unpaired) electrons. The Bertz CT molecular complexity index is 213. The van der Waals surface area contributed by atoms with E-state index in [0.717, 1.165) is 29.0 Å². The fourth-order valence-electron chi connectivity index (χ4n) is 1.80. The first-order valence-corrected chi connectivity index (χ1v) is 5.81. The Morgan fingerprint density at radius 3 is 2.69 bits per heavy atom. The number of nitrogens with two attached hydrogens (primary N) is 1. The molecule has 2 unspecified atom stereocenters. The molecule has 2 atom stereocenters. The summed E-state index contributed by atoms with van der Waals surface area (Å²) in [5.41, 5.74) is 6.07. The molecule has 13 heavy (non-hydrogen) atoms. The Balaban J connectivity index is 2.43. The summed E-state index contributed by atoms with van der Waals surface area (Å²) in [6.45, 7) is 2.18. The molecule has 0 bridgehead atoms. The van der Waals surface area contributed by atoms with Crippen molar-refractivity contribution in [2.45, 2.75) is 45.1 Å². The summed E-state index contributed by atoms with van der Waals surface area (Å²) in [5.74, 6) is 0.397. The van der Waals surface area contributed by atoms with Gasteiger partial charge in [-0.15, -0.1) is 0 Å². The second-order valence-electron chi connectivity index (χ2n) is 3.74. The van der Waals surface area contributed by atoms with Crippen LogP contribution in [0.2, 0.25) is 0 Å². The molecule has 1 fully saturated rings. The summed E-state index contributed by atoms with van der Waals surface area (Å²) < 4.78 is 0. The molecule has 1 rings (SSSR count). The highest BCUT2D eigenvalue weighted by atomic mass is 32.1. The smallest absolute Gasteiger partial charge is 0.0338 e. The molecule has 1 nitrogen and oxygen atoms in total. The lowest BCUT2D eigenvalue weighted by molar-refractivity contribution is 0.477. The van der Waals surface area contributed by atoms with E-state index in [0.29, 0.717) is 5.92 Å². The topological polar surface area (TPSA) is 26.0 Å². The molecule has 1 saturated carbocycles. The lowest BCUT2D eigenvalue weighted by Crippen LogP contribution is -2.33. The van der Waals surface area contributed by atoms with Crippen molar-refractivity contribution < 1.29 is 0 Å². The van der Waals surface area contributed by atoms with Crippen LogP contribution in [0.5, 0.6) is 0 Å². The molecule has 0 spiro atoms. The van der Waals surface area contributed by atoms with Gasteiger partial charge < -0.3 is 5.73 Å². The predicted octanol–water partition coefficient (Wildman–Crippen LogP) is 2.65. The van der Waals surface area contributed by atoms with Gasteiger partial charge in [-0.05, 0) is 19.3 Å². The standard InChI is InChI=1S/C10H17NS2/c1-2-3-4-8(11)7-5-6-9(12)10(7)13/h7-8H,2-6,11H2,1H3. The average Bonchev–Trinajstić information content (AvgIpc) is 2.44. The number of thiocarbonyl (C=S) groups is 2. The van der Waals surface area contributed by atoms with E-state index in [4.69, 9.17) is 30.2 Å². The van der Waals surface area contributed by atoms with Crippen molar-refractivity contribution in [3.05, 3.63) is 0 Å². The van der Waals surface area contributed by atoms with Crippen LogP contribution in [0, 0.1) is 5.92 Å². The van der Waals surface area contributed by atoms with Gasteiger partial charge in [0, 0.05) is 21.7 Å². The Hall–Kier alpha value is 0.140. The molecule has 2 N–H and O–H groups in total. The van der Waals surface area contributed by atoms with Gasteiger partial charge in [0.1, 0.15) is 0 Å². The summed E-state index contributed by atoms with van der Waals surface area (Å²) in [6.07, 6.45) is 5.57. The summed E-state index contributed by atoms with van der Waals surface area (Å²) in [5, 5.41) is 0. The highest BCUT2D eigenvalue weighted by Crippen LogP contribution is 2.25. The molecule has 0 aromatic carbocycles. The van der Waals surface area contributed by atoms with E-state index < -0.39 is 0 Å². The minimum atomic E-state index is 0.243. The molecule has 0 aromatic heterocycles. The van der Waals surface area contributed by atoms with E-state index in [9.17, 15) is 0 Å². The quantitative estimate of drug-likeness (QED) is 0.730. The zero-order valence-corrected chi connectivity index (χ0v) is 9.72. The highest BCUT2D eigenvalue weighted by molar-refractivity contribution is 7.89. The van der Waals surface area contributed by atoms with Crippen LogP contribution >= 0.6 is 24.4 Å². The molecular weight excluding hydrogens is 198 g/mol. The van der Waals surface area contributed by atoms with Crippen molar-refractivity contribution in [3.63, 3.8) is 0 Å². The number of hydrogen-bond acceptors (Lipinski definition) is 3. The Morgan fingerprint density at radius 1 is 1.54 bits per heavy atom. The largest absolute Gasteiger partial charge is 0.327 e. The van der Waals surface area contributed by atoms with Crippen molar-refractivity contribution >= 4 is 34.2 Å². The van der Waals surface area contributed by atoms with Gasteiger partial charge in [-0.2, -0.15) is 0 Å². The van der Waals surface area contributed by atoms with E-state index >= 15 is 0 Å². The summed E-state index contributed by atoms with van der Waals surface area (Å²) in [6, 6.07) is 0.243. The van der Waals surface area contributed by atoms with E-state index in [-0.39, 0.29) is 6.04 Å². The van der Waals surface area contributed by atoms with Crippen LogP contribution in [0.3, 0.4) is 0 Å². The summed E-state index contributed by atoms with van der Waals surface area (Å²) in [7, 11) is 0. The maximum Gasteiger partial charge on any atom is 0.0338 e. The second-order valence-corrected chi connectivity index (χ2v) is 4.67. The molecular formula is C10H17NS2. The number of rotatable bonds is 4. The lowest BCUT2D eigenvalue weighted by atomic mass is 9.94. The van der Waals surface area contributed by atoms with Crippen LogP contribution < -0.4 is 5.73 Å². The zero-order chi connectivity index (χ0) is 9.84. The van der Waals surface area contributed by atoms with E-state index in [1.165, 1.54) is 12.8 Å². The molecule has 1 aliphatic carbocycles. The second kappa shape index (κ2) is 5.13. The zero-order valence-electron chi connectivity index (χ0n) is 8.08. The van der Waals surface area contributed by atoms with Gasteiger partial charge in [0.2, 0.25) is 0 Å². The third-order valence-electron chi connectivity index (χ3n) is 2.70. The maximum absolute atomic E-state index is 6.07. The highest BCUT2D eigenvalue weighted by Gasteiger charge is 2.29. The molecule has 3 heteroatoms. The Labute approximate surface area is 91.1 Å². The average molecular weight is 215 g/mol. The number of hydrogen-bond donors (Lipinski definition) is 1. The predicted molar refractivity (Wildman–Crippen MR) is 65.4 cm³/mol. The summed E-state index contributed by atoms with van der Waals surface area (Å²) in [4.78, 5) is 1.95. The van der Waals surface area contributed by atoms with E-state index in [2.05, 4.69) is 6.92 Å². The Morgan fingerprint density at radius 2 is 2.23 bits per heavy atom. The van der Waals surface area contributed by atoms with Crippen molar-refractivity contribution in [1.82, 2.24) is 0 Å². The minimum absolute atomic E-state index is 0.243. The van der Waals surface area contributed by atoms with Crippen molar-refractivity contribution in [1.29, 1.82) is 0 Å². The SMILES string of the molecule is CCCCC(N)C1CCC(=S)C1=S. The fraction of sp³-hybridized carbons (Fsp3) is 0.800. The Kier molecular flexibility index (Phi) is 4.42. The molecule has 0 heterocycles. The van der Waals surface area contributed by atoms with Crippen LogP contribution in [-0.4, -0.2) is 15.8 Å². The fourth-order valence-corrected chi connectivity index (χ4v) is 2.46. The lowest BCUT2D eigenvalue weighted by Gasteiger charge is -2.18. The van der Waals surface area contributed by atoms with Gasteiger partial charge in [-0.3, -0.25) is 0 Å². The first-order chi connectivity index (χ1) is 6.16. The minimum Gasteiger partial charge on any atom is -0.327 e. The van der Waals surface area contributed by atoms with Crippen LogP contribution in [0.15, 0.2) is 0 Å². The third-order valence-corrected chi connectivity index (χ3v) is 3.80. The molecule has 0 aromatic rings. The summed E-state index contributed by atoms with van der Waals surface area (Å²) >= 11 is 10.4. The molecule has 0 saturated heterocycles. The monoisotopic (exact) mass is 215 g/mol. The number of unbranched alkanes of at least 4 members (excludes halogenated alkanes) is 1. The maximum atomic E-state index is 6.07. The third kappa shape index (κ3) is 2.79. The van der Waals surface area contributed by atoms with Crippen LogP contribution in [0.25, 0.3) is 0 Å². The normalized spacial score (nSPS) is 25.2. The first kappa shape index (κ1) is 11.2. The molecule has 1 aliphatic rings. The van der Waals surface area contributed by atoms with E-state index in [1.54, 1.807) is 0 Å². The molecule has 0 aliphatic heterocycles. The van der Waals surface area contributed by atoms with Crippen molar-refractivity contribution in [2.75, 3.05) is 0 Å². The van der Waals surface area contributed by atoms with Crippen LogP contribution in [0.1, 0.15) is 39.0 Å². The van der Waals surface area contributed by atoms with Gasteiger partial charge in [0.25, 0.3) is 0 Å².